The Labute approximate surface area is 86.0 Å². The molecule has 0 saturated carbocycles. The van der Waals surface area contributed by atoms with Crippen LogP contribution in [0.5, 0.6) is 0 Å². The van der Waals surface area contributed by atoms with E-state index in [1.807, 2.05) is 6.92 Å². The van der Waals surface area contributed by atoms with Crippen LogP contribution < -0.4 is 10.0 Å². The second kappa shape index (κ2) is 5.06. The number of likely N-dealkylation sites (N-methyl/N-ethyl adjacent to an activating group) is 1. The molecule has 0 amide bonds. The fourth-order valence-corrected chi connectivity index (χ4v) is 2.72. The van der Waals surface area contributed by atoms with Gasteiger partial charge in [-0.2, -0.15) is 12.7 Å². The summed E-state index contributed by atoms with van der Waals surface area (Å²) in [4.78, 5) is 0. The van der Waals surface area contributed by atoms with Gasteiger partial charge in [-0.3, -0.25) is 0 Å². The zero-order chi connectivity index (χ0) is 10.6. The zero-order valence-electron chi connectivity index (χ0n) is 8.78. The zero-order valence-corrected chi connectivity index (χ0v) is 9.60. The first-order valence-corrected chi connectivity index (χ1v) is 6.45. The van der Waals surface area contributed by atoms with Gasteiger partial charge in [0.05, 0.1) is 0 Å². The number of nitrogens with one attached hydrogen (secondary N) is 2. The summed E-state index contributed by atoms with van der Waals surface area (Å²) in [6.45, 7) is 4.11. The van der Waals surface area contributed by atoms with Crippen molar-refractivity contribution >= 4 is 10.2 Å². The fraction of sp³-hybridized carbons (Fsp3) is 1.00. The summed E-state index contributed by atoms with van der Waals surface area (Å²) >= 11 is 0. The molecule has 0 aromatic rings. The van der Waals surface area contributed by atoms with E-state index in [0.29, 0.717) is 6.54 Å². The second-order valence-corrected chi connectivity index (χ2v) is 5.38. The summed E-state index contributed by atoms with van der Waals surface area (Å²) in [5.74, 6) is 0. The first kappa shape index (κ1) is 11.9. The van der Waals surface area contributed by atoms with Gasteiger partial charge in [0.15, 0.2) is 0 Å². The van der Waals surface area contributed by atoms with Crippen molar-refractivity contribution in [2.24, 2.45) is 0 Å². The highest BCUT2D eigenvalue weighted by Crippen LogP contribution is 2.09. The van der Waals surface area contributed by atoms with Crippen LogP contribution in [0.4, 0.5) is 0 Å². The Balaban J connectivity index is 2.52. The molecule has 1 heterocycles. The van der Waals surface area contributed by atoms with Crippen LogP contribution in [0.1, 0.15) is 19.8 Å². The minimum absolute atomic E-state index is 0.101. The Morgan fingerprint density at radius 2 is 2.29 bits per heavy atom. The Kier molecular flexibility index (Phi) is 4.31. The molecule has 1 fully saturated rings. The molecule has 14 heavy (non-hydrogen) atoms. The Bertz CT molecular complexity index is 260. The Hall–Kier alpha value is -0.170. The number of rotatable bonds is 5. The lowest BCUT2D eigenvalue weighted by Crippen LogP contribution is -2.45. The van der Waals surface area contributed by atoms with Crippen LogP contribution in [0.25, 0.3) is 0 Å². The fourth-order valence-electron chi connectivity index (χ4n) is 1.48. The van der Waals surface area contributed by atoms with Crippen LogP contribution in [0.15, 0.2) is 0 Å². The average Bonchev–Trinajstić information content (AvgIpc) is 2.66. The molecule has 0 radical (unpaired) electrons. The second-order valence-electron chi connectivity index (χ2n) is 3.56. The van der Waals surface area contributed by atoms with Gasteiger partial charge in [0, 0.05) is 26.2 Å². The number of hydrogen-bond donors (Lipinski definition) is 2. The van der Waals surface area contributed by atoms with Crippen molar-refractivity contribution in [1.29, 1.82) is 0 Å². The molecular formula is C8H19N3O2S. The van der Waals surface area contributed by atoms with E-state index in [-0.39, 0.29) is 6.04 Å². The van der Waals surface area contributed by atoms with E-state index in [1.54, 1.807) is 7.05 Å². The highest BCUT2D eigenvalue weighted by Gasteiger charge is 2.27. The molecule has 1 rings (SSSR count). The number of nitrogens with zero attached hydrogens (tertiary/aromatic N) is 1. The molecule has 1 unspecified atom stereocenters. The van der Waals surface area contributed by atoms with Crippen LogP contribution in [0, 0.1) is 0 Å². The molecule has 1 aliphatic heterocycles. The van der Waals surface area contributed by atoms with Gasteiger partial charge in [-0.1, -0.05) is 6.92 Å². The summed E-state index contributed by atoms with van der Waals surface area (Å²) < 4.78 is 27.3. The third-order valence-electron chi connectivity index (χ3n) is 2.46. The lowest BCUT2D eigenvalue weighted by molar-refractivity contribution is 0.381. The quantitative estimate of drug-likeness (QED) is 0.659. The van der Waals surface area contributed by atoms with Crippen molar-refractivity contribution in [3.05, 3.63) is 0 Å². The molecule has 6 heteroatoms. The van der Waals surface area contributed by atoms with Crippen molar-refractivity contribution in [3.63, 3.8) is 0 Å². The van der Waals surface area contributed by atoms with Gasteiger partial charge in [-0.15, -0.1) is 0 Å². The van der Waals surface area contributed by atoms with Gasteiger partial charge in [0.2, 0.25) is 0 Å². The van der Waals surface area contributed by atoms with Gasteiger partial charge in [0.25, 0.3) is 10.2 Å². The molecule has 5 nitrogen and oxygen atoms in total. The van der Waals surface area contributed by atoms with E-state index in [4.69, 9.17) is 0 Å². The van der Waals surface area contributed by atoms with Crippen LogP contribution in [-0.2, 0) is 10.2 Å². The van der Waals surface area contributed by atoms with Crippen molar-refractivity contribution in [2.45, 2.75) is 25.8 Å². The van der Waals surface area contributed by atoms with Gasteiger partial charge < -0.3 is 5.32 Å². The summed E-state index contributed by atoms with van der Waals surface area (Å²) in [6.07, 6.45) is 1.71. The normalized spacial score (nSPS) is 23.2. The lowest BCUT2D eigenvalue weighted by Gasteiger charge is -2.23. The molecule has 0 aromatic heterocycles. The van der Waals surface area contributed by atoms with E-state index >= 15 is 0 Å². The topological polar surface area (TPSA) is 61.4 Å². The summed E-state index contributed by atoms with van der Waals surface area (Å²) in [5, 5.41) is 3.15. The maximum absolute atomic E-state index is 11.7. The minimum atomic E-state index is -3.26. The average molecular weight is 221 g/mol. The van der Waals surface area contributed by atoms with Crippen LogP contribution >= 0.6 is 0 Å². The molecule has 1 atom stereocenters. The third kappa shape index (κ3) is 2.91. The molecule has 2 N–H and O–H groups in total. The number of hydrogen-bond acceptors (Lipinski definition) is 3. The van der Waals surface area contributed by atoms with Crippen molar-refractivity contribution < 1.29 is 8.42 Å². The third-order valence-corrected chi connectivity index (χ3v) is 4.09. The van der Waals surface area contributed by atoms with Crippen molar-refractivity contribution in [2.75, 3.05) is 26.7 Å². The van der Waals surface area contributed by atoms with Crippen molar-refractivity contribution in [3.8, 4) is 0 Å². The predicted octanol–water partition coefficient (Wildman–Crippen LogP) is -0.475. The standard InChI is InChI=1S/C8H19N3O2S/c1-3-5-10-14(12,13)11(2)8-4-6-9-7-8/h8-10H,3-7H2,1-2H3. The molecule has 0 spiro atoms. The largest absolute Gasteiger partial charge is 0.315 e. The van der Waals surface area contributed by atoms with Crippen molar-refractivity contribution in [1.82, 2.24) is 14.3 Å². The summed E-state index contributed by atoms with van der Waals surface area (Å²) in [5.41, 5.74) is 0. The van der Waals surface area contributed by atoms with Gasteiger partial charge in [-0.05, 0) is 19.4 Å². The summed E-state index contributed by atoms with van der Waals surface area (Å²) in [7, 11) is -1.63. The van der Waals surface area contributed by atoms with Gasteiger partial charge in [0.1, 0.15) is 0 Å². The summed E-state index contributed by atoms with van der Waals surface area (Å²) in [6, 6.07) is 0.101. The lowest BCUT2D eigenvalue weighted by atomic mass is 10.3. The molecular weight excluding hydrogens is 202 g/mol. The SMILES string of the molecule is CCCNS(=O)(=O)N(C)C1CCNC1. The first-order chi connectivity index (χ1) is 6.58. The van der Waals surface area contributed by atoms with E-state index in [0.717, 1.165) is 25.9 Å². The molecule has 84 valence electrons. The monoisotopic (exact) mass is 221 g/mol. The highest BCUT2D eigenvalue weighted by molar-refractivity contribution is 7.87. The first-order valence-electron chi connectivity index (χ1n) is 5.01. The Morgan fingerprint density at radius 1 is 1.57 bits per heavy atom. The van der Waals surface area contributed by atoms with E-state index in [1.165, 1.54) is 4.31 Å². The van der Waals surface area contributed by atoms with E-state index < -0.39 is 10.2 Å². The molecule has 1 saturated heterocycles. The van der Waals surface area contributed by atoms with E-state index in [9.17, 15) is 8.42 Å². The molecule has 0 aliphatic carbocycles. The van der Waals surface area contributed by atoms with Crippen LogP contribution in [-0.4, -0.2) is 45.4 Å². The van der Waals surface area contributed by atoms with Crippen LogP contribution in [0.2, 0.25) is 0 Å². The molecule has 0 aromatic carbocycles. The van der Waals surface area contributed by atoms with Gasteiger partial charge in [-0.25, -0.2) is 4.72 Å². The molecule has 0 bridgehead atoms. The van der Waals surface area contributed by atoms with Crippen LogP contribution in [0.3, 0.4) is 0 Å². The smallest absolute Gasteiger partial charge is 0.279 e. The Morgan fingerprint density at radius 3 is 2.79 bits per heavy atom. The maximum atomic E-state index is 11.7. The molecule has 1 aliphatic rings. The highest BCUT2D eigenvalue weighted by atomic mass is 32.2. The minimum Gasteiger partial charge on any atom is -0.315 e. The van der Waals surface area contributed by atoms with E-state index in [2.05, 4.69) is 10.0 Å². The maximum Gasteiger partial charge on any atom is 0.279 e. The predicted molar refractivity (Wildman–Crippen MR) is 56.3 cm³/mol. The van der Waals surface area contributed by atoms with Gasteiger partial charge >= 0.3 is 0 Å².